The SMILES string of the molecule is CN=C/C(=C\N)c1cnc2c(c1)NCC(CNCCc1ccc(Br)nc1)O2.c1ccccc1. The number of aromatic nitrogens is 2. The molecule has 0 amide bonds. The molecule has 8 heteroatoms. The highest BCUT2D eigenvalue weighted by molar-refractivity contribution is 9.10. The number of nitrogens with zero attached hydrogens (tertiary/aromatic N) is 3. The molecule has 1 aliphatic heterocycles. The van der Waals surface area contributed by atoms with E-state index in [0.717, 1.165) is 40.9 Å². The Morgan fingerprint density at radius 1 is 1.21 bits per heavy atom. The molecule has 1 aromatic carbocycles. The average molecular weight is 509 g/mol. The summed E-state index contributed by atoms with van der Waals surface area (Å²) in [5, 5.41) is 6.81. The summed E-state index contributed by atoms with van der Waals surface area (Å²) in [6.07, 6.45) is 7.81. The van der Waals surface area contributed by atoms with Crippen LogP contribution in [-0.2, 0) is 6.42 Å². The highest BCUT2D eigenvalue weighted by Crippen LogP contribution is 2.29. The number of aliphatic imine (C=N–C) groups is 1. The minimum Gasteiger partial charge on any atom is -0.470 e. The number of hydrogen-bond donors (Lipinski definition) is 3. The van der Waals surface area contributed by atoms with E-state index in [0.29, 0.717) is 12.4 Å². The maximum atomic E-state index is 5.99. The quantitative estimate of drug-likeness (QED) is 0.254. The van der Waals surface area contributed by atoms with Gasteiger partial charge in [0, 0.05) is 49.5 Å². The minimum atomic E-state index is 0.0284. The predicted molar refractivity (Wildman–Crippen MR) is 139 cm³/mol. The third-order valence-electron chi connectivity index (χ3n) is 4.85. The Morgan fingerprint density at radius 2 is 1.97 bits per heavy atom. The van der Waals surface area contributed by atoms with Crippen molar-refractivity contribution in [2.24, 2.45) is 10.7 Å². The van der Waals surface area contributed by atoms with Gasteiger partial charge in [-0.25, -0.2) is 9.97 Å². The number of halogens is 1. The van der Waals surface area contributed by atoms with E-state index >= 15 is 0 Å². The van der Waals surface area contributed by atoms with Gasteiger partial charge in [0.05, 0.1) is 12.2 Å². The largest absolute Gasteiger partial charge is 0.470 e. The molecule has 0 fully saturated rings. The normalized spacial score (nSPS) is 15.1. The molecule has 1 aliphatic rings. The zero-order valence-electron chi connectivity index (χ0n) is 18.6. The second-order valence-electron chi connectivity index (χ2n) is 7.30. The van der Waals surface area contributed by atoms with Crippen LogP contribution in [0.4, 0.5) is 5.69 Å². The predicted octanol–water partition coefficient (Wildman–Crippen LogP) is 3.93. The first-order valence-electron chi connectivity index (χ1n) is 10.8. The van der Waals surface area contributed by atoms with Gasteiger partial charge >= 0.3 is 0 Å². The number of rotatable bonds is 7. The van der Waals surface area contributed by atoms with E-state index < -0.39 is 0 Å². The fourth-order valence-corrected chi connectivity index (χ4v) is 3.39. The van der Waals surface area contributed by atoms with Gasteiger partial charge in [-0.15, -0.1) is 0 Å². The molecule has 4 rings (SSSR count). The van der Waals surface area contributed by atoms with Gasteiger partial charge in [-0.05, 0) is 46.6 Å². The van der Waals surface area contributed by atoms with Gasteiger partial charge < -0.3 is 21.1 Å². The van der Waals surface area contributed by atoms with Crippen molar-refractivity contribution in [1.82, 2.24) is 15.3 Å². The number of nitrogens with two attached hydrogens (primary N) is 1. The fraction of sp³-hybridized carbons (Fsp3) is 0.240. The van der Waals surface area contributed by atoms with Crippen LogP contribution in [0.5, 0.6) is 5.88 Å². The molecule has 0 radical (unpaired) electrons. The first-order valence-corrected chi connectivity index (χ1v) is 11.5. The summed E-state index contributed by atoms with van der Waals surface area (Å²) in [6.45, 7) is 2.33. The van der Waals surface area contributed by atoms with Crippen LogP contribution in [0.15, 0.2) is 82.8 Å². The summed E-state index contributed by atoms with van der Waals surface area (Å²) < 4.78 is 6.84. The van der Waals surface area contributed by atoms with Crippen LogP contribution in [-0.4, -0.2) is 49.0 Å². The Kier molecular flexibility index (Phi) is 9.87. The number of hydrogen-bond acceptors (Lipinski definition) is 7. The molecule has 3 aromatic rings. The Morgan fingerprint density at radius 3 is 2.61 bits per heavy atom. The van der Waals surface area contributed by atoms with Gasteiger partial charge in [-0.1, -0.05) is 42.5 Å². The molecule has 172 valence electrons. The highest BCUT2D eigenvalue weighted by atomic mass is 79.9. The molecular weight excluding hydrogens is 480 g/mol. The Bertz CT molecular complexity index is 1010. The van der Waals surface area contributed by atoms with Crippen molar-refractivity contribution in [1.29, 1.82) is 0 Å². The van der Waals surface area contributed by atoms with Gasteiger partial charge in [-0.2, -0.15) is 0 Å². The van der Waals surface area contributed by atoms with Crippen LogP contribution in [0.2, 0.25) is 0 Å². The van der Waals surface area contributed by atoms with Gasteiger partial charge in [-0.3, -0.25) is 4.99 Å². The molecule has 1 atom stereocenters. The molecule has 2 aromatic heterocycles. The summed E-state index contributed by atoms with van der Waals surface area (Å²) in [4.78, 5) is 12.7. The summed E-state index contributed by atoms with van der Waals surface area (Å²) in [5.74, 6) is 0.610. The van der Waals surface area contributed by atoms with Crippen molar-refractivity contribution in [3.05, 3.63) is 88.9 Å². The van der Waals surface area contributed by atoms with E-state index in [4.69, 9.17) is 10.5 Å². The zero-order valence-corrected chi connectivity index (χ0v) is 20.2. The molecule has 0 bridgehead atoms. The smallest absolute Gasteiger partial charge is 0.237 e. The third-order valence-corrected chi connectivity index (χ3v) is 5.32. The molecule has 0 aliphatic carbocycles. The summed E-state index contributed by atoms with van der Waals surface area (Å²) in [6, 6.07) is 18.0. The minimum absolute atomic E-state index is 0.0284. The van der Waals surface area contributed by atoms with Crippen molar-refractivity contribution in [2.45, 2.75) is 12.5 Å². The van der Waals surface area contributed by atoms with Crippen molar-refractivity contribution < 1.29 is 4.74 Å². The van der Waals surface area contributed by atoms with Gasteiger partial charge in [0.1, 0.15) is 10.7 Å². The molecule has 33 heavy (non-hydrogen) atoms. The molecule has 0 saturated carbocycles. The molecule has 3 heterocycles. The lowest BCUT2D eigenvalue weighted by atomic mass is 10.1. The van der Waals surface area contributed by atoms with Crippen LogP contribution in [0, 0.1) is 0 Å². The van der Waals surface area contributed by atoms with Crippen molar-refractivity contribution in [2.75, 3.05) is 32.0 Å². The number of fused-ring (bicyclic) bond motifs is 1. The number of benzene rings is 1. The lowest BCUT2D eigenvalue weighted by Gasteiger charge is -2.27. The molecular formula is C25H29BrN6O. The first kappa shape index (κ1) is 24.4. The molecule has 1 unspecified atom stereocenters. The van der Waals surface area contributed by atoms with E-state index in [1.54, 1.807) is 19.5 Å². The maximum Gasteiger partial charge on any atom is 0.237 e. The lowest BCUT2D eigenvalue weighted by Crippen LogP contribution is -2.40. The number of pyridine rings is 2. The maximum absolute atomic E-state index is 5.99. The van der Waals surface area contributed by atoms with E-state index in [-0.39, 0.29) is 6.10 Å². The zero-order chi connectivity index (χ0) is 23.3. The van der Waals surface area contributed by atoms with E-state index in [1.807, 2.05) is 54.7 Å². The van der Waals surface area contributed by atoms with Gasteiger partial charge in [0.15, 0.2) is 0 Å². The van der Waals surface area contributed by atoms with Crippen LogP contribution < -0.4 is 21.1 Å². The molecule has 0 spiro atoms. The molecule has 0 saturated heterocycles. The molecule has 4 N–H and O–H groups in total. The first-order chi connectivity index (χ1) is 16.2. The van der Waals surface area contributed by atoms with Crippen LogP contribution >= 0.6 is 15.9 Å². The monoisotopic (exact) mass is 508 g/mol. The van der Waals surface area contributed by atoms with Crippen LogP contribution in [0.25, 0.3) is 5.57 Å². The average Bonchev–Trinajstić information content (AvgIpc) is 2.87. The number of anilines is 1. The second-order valence-corrected chi connectivity index (χ2v) is 8.12. The Hall–Kier alpha value is -3.23. The second kappa shape index (κ2) is 13.3. The van der Waals surface area contributed by atoms with Gasteiger partial charge in [0.2, 0.25) is 5.88 Å². The standard InChI is InChI=1S/C19H23BrN6O.C6H6/c1-22-9-15(7-21)14-6-17-19(26-10-14)27-16(12-24-17)11-23-5-4-13-2-3-18(20)25-8-13;1-2-4-6-5-3-1/h2-3,6-10,16,23-24H,4-5,11-12,21H2,1H3;1-6H/b15-7+,22-9?;. The fourth-order valence-electron chi connectivity index (χ4n) is 3.16. The van der Waals surface area contributed by atoms with E-state index in [2.05, 4.69) is 47.6 Å². The topological polar surface area (TPSA) is 97.5 Å². The third kappa shape index (κ3) is 8.00. The van der Waals surface area contributed by atoms with E-state index in [1.165, 1.54) is 11.8 Å². The summed E-state index contributed by atoms with van der Waals surface area (Å²) in [7, 11) is 1.71. The van der Waals surface area contributed by atoms with Crippen molar-refractivity contribution in [3.8, 4) is 5.88 Å². The van der Waals surface area contributed by atoms with Crippen LogP contribution in [0.3, 0.4) is 0 Å². The molecule has 7 nitrogen and oxygen atoms in total. The number of ether oxygens (including phenoxy) is 1. The lowest BCUT2D eigenvalue weighted by molar-refractivity contribution is 0.194. The van der Waals surface area contributed by atoms with Crippen molar-refractivity contribution in [3.63, 3.8) is 0 Å². The van der Waals surface area contributed by atoms with Gasteiger partial charge in [0.25, 0.3) is 0 Å². The Labute approximate surface area is 203 Å². The highest BCUT2D eigenvalue weighted by Gasteiger charge is 2.20. The van der Waals surface area contributed by atoms with E-state index in [9.17, 15) is 0 Å². The van der Waals surface area contributed by atoms with Crippen molar-refractivity contribution >= 4 is 33.4 Å². The number of nitrogens with one attached hydrogen (secondary N) is 2. The summed E-state index contributed by atoms with van der Waals surface area (Å²) in [5.41, 5.74) is 9.45. The van der Waals surface area contributed by atoms with Crippen LogP contribution in [0.1, 0.15) is 11.1 Å². The summed E-state index contributed by atoms with van der Waals surface area (Å²) >= 11 is 3.34. The Balaban J connectivity index is 0.000000442. The number of allylic oxidation sites excluding steroid dienone is 1.